The van der Waals surface area contributed by atoms with Gasteiger partial charge < -0.3 is 5.11 Å². The minimum Gasteiger partial charge on any atom is -0.499 e. The molecule has 0 radical (unpaired) electrons. The molecule has 0 aliphatic heterocycles. The Bertz CT molecular complexity index is 447. The number of hydrogen-bond acceptors (Lipinski definition) is 2. The van der Waals surface area contributed by atoms with Crippen LogP contribution in [0.4, 0.5) is 0 Å². The summed E-state index contributed by atoms with van der Waals surface area (Å²) < 4.78 is 2.20. The SMILES string of the molecule is CCc1cc(Br)c2sc(O)cc2c1. The Kier molecular flexibility index (Phi) is 2.30. The molecule has 0 aliphatic carbocycles. The van der Waals surface area contributed by atoms with Crippen molar-refractivity contribution in [3.05, 3.63) is 28.2 Å². The van der Waals surface area contributed by atoms with Gasteiger partial charge in [-0.05, 0) is 45.4 Å². The third kappa shape index (κ3) is 1.58. The highest BCUT2D eigenvalue weighted by Gasteiger charge is 2.05. The van der Waals surface area contributed by atoms with Crippen LogP contribution in [-0.4, -0.2) is 5.11 Å². The number of aromatic hydroxyl groups is 1. The van der Waals surface area contributed by atoms with Crippen LogP contribution in [0.3, 0.4) is 0 Å². The highest BCUT2D eigenvalue weighted by Crippen LogP contribution is 2.36. The van der Waals surface area contributed by atoms with E-state index in [9.17, 15) is 5.11 Å². The largest absolute Gasteiger partial charge is 0.499 e. The molecule has 2 aromatic rings. The number of benzene rings is 1. The van der Waals surface area contributed by atoms with E-state index in [1.807, 2.05) is 6.07 Å². The molecule has 13 heavy (non-hydrogen) atoms. The Morgan fingerprint density at radius 3 is 2.85 bits per heavy atom. The average molecular weight is 257 g/mol. The fourth-order valence-corrected chi connectivity index (χ4v) is 2.91. The van der Waals surface area contributed by atoms with Crippen LogP contribution < -0.4 is 0 Å². The first kappa shape index (κ1) is 9.03. The molecule has 1 heterocycles. The number of halogens is 1. The van der Waals surface area contributed by atoms with E-state index >= 15 is 0 Å². The molecule has 3 heteroatoms. The predicted molar refractivity (Wildman–Crippen MR) is 60.6 cm³/mol. The molecule has 1 aromatic heterocycles. The van der Waals surface area contributed by atoms with Crippen LogP contribution >= 0.6 is 27.3 Å². The van der Waals surface area contributed by atoms with Gasteiger partial charge in [0.05, 0.1) is 4.70 Å². The second kappa shape index (κ2) is 3.31. The van der Waals surface area contributed by atoms with Crippen molar-refractivity contribution in [2.45, 2.75) is 13.3 Å². The van der Waals surface area contributed by atoms with Crippen molar-refractivity contribution in [3.8, 4) is 5.06 Å². The van der Waals surface area contributed by atoms with Crippen molar-refractivity contribution in [2.24, 2.45) is 0 Å². The maximum Gasteiger partial charge on any atom is 0.172 e. The summed E-state index contributed by atoms with van der Waals surface area (Å²) in [6.45, 7) is 2.12. The molecule has 1 nitrogen and oxygen atoms in total. The van der Waals surface area contributed by atoms with Crippen LogP contribution in [0.1, 0.15) is 12.5 Å². The molecule has 1 aromatic carbocycles. The van der Waals surface area contributed by atoms with Crippen molar-refractivity contribution in [2.75, 3.05) is 0 Å². The summed E-state index contributed by atoms with van der Waals surface area (Å²) in [5, 5.41) is 10.8. The summed E-state index contributed by atoms with van der Waals surface area (Å²) in [4.78, 5) is 0. The fraction of sp³-hybridized carbons (Fsp3) is 0.200. The first-order chi connectivity index (χ1) is 6.20. The first-order valence-electron chi connectivity index (χ1n) is 4.11. The topological polar surface area (TPSA) is 20.2 Å². The quantitative estimate of drug-likeness (QED) is 0.820. The lowest BCUT2D eigenvalue weighted by Gasteiger charge is -1.98. The standard InChI is InChI=1S/C10H9BrOS/c1-2-6-3-7-5-9(12)13-10(7)8(11)4-6/h3-5,12H,2H2,1H3. The molecule has 0 amide bonds. The van der Waals surface area contributed by atoms with E-state index in [1.165, 1.54) is 16.9 Å². The van der Waals surface area contributed by atoms with Crippen LogP contribution in [0.5, 0.6) is 5.06 Å². The number of thiophene rings is 1. The van der Waals surface area contributed by atoms with E-state index in [-0.39, 0.29) is 0 Å². The highest BCUT2D eigenvalue weighted by molar-refractivity contribution is 9.10. The van der Waals surface area contributed by atoms with Crippen LogP contribution in [0.2, 0.25) is 0 Å². The van der Waals surface area contributed by atoms with Gasteiger partial charge in [-0.25, -0.2) is 0 Å². The normalized spacial score (nSPS) is 10.9. The summed E-state index contributed by atoms with van der Waals surface area (Å²) in [5.41, 5.74) is 1.29. The van der Waals surface area contributed by atoms with Crippen LogP contribution in [0, 0.1) is 0 Å². The van der Waals surface area contributed by atoms with Crippen molar-refractivity contribution in [1.82, 2.24) is 0 Å². The van der Waals surface area contributed by atoms with Gasteiger partial charge in [-0.3, -0.25) is 0 Å². The van der Waals surface area contributed by atoms with Crippen molar-refractivity contribution >= 4 is 37.4 Å². The van der Waals surface area contributed by atoms with Crippen molar-refractivity contribution < 1.29 is 5.11 Å². The first-order valence-corrected chi connectivity index (χ1v) is 5.72. The maximum atomic E-state index is 9.34. The van der Waals surface area contributed by atoms with Gasteiger partial charge in [-0.15, -0.1) is 0 Å². The van der Waals surface area contributed by atoms with E-state index in [4.69, 9.17) is 0 Å². The van der Waals surface area contributed by atoms with E-state index in [1.54, 1.807) is 0 Å². The zero-order valence-corrected chi connectivity index (χ0v) is 9.58. The van der Waals surface area contributed by atoms with Gasteiger partial charge in [0.2, 0.25) is 0 Å². The van der Waals surface area contributed by atoms with E-state index in [2.05, 4.69) is 35.0 Å². The third-order valence-electron chi connectivity index (χ3n) is 2.03. The minimum atomic E-state index is 0.379. The molecular weight excluding hydrogens is 248 g/mol. The van der Waals surface area contributed by atoms with Gasteiger partial charge in [0.15, 0.2) is 5.06 Å². The smallest absolute Gasteiger partial charge is 0.172 e. The molecule has 0 saturated heterocycles. The van der Waals surface area contributed by atoms with Crippen LogP contribution in [0.25, 0.3) is 10.1 Å². The molecule has 0 fully saturated rings. The fourth-order valence-electron chi connectivity index (χ4n) is 1.36. The number of fused-ring (bicyclic) bond motifs is 1. The van der Waals surface area contributed by atoms with E-state index in [0.29, 0.717) is 5.06 Å². The van der Waals surface area contributed by atoms with Gasteiger partial charge in [-0.2, -0.15) is 0 Å². The van der Waals surface area contributed by atoms with Gasteiger partial charge >= 0.3 is 0 Å². The van der Waals surface area contributed by atoms with Gasteiger partial charge in [0.25, 0.3) is 0 Å². The molecule has 0 atom stereocenters. The van der Waals surface area contributed by atoms with E-state index < -0.39 is 0 Å². The predicted octanol–water partition coefficient (Wildman–Crippen LogP) is 3.93. The molecule has 1 N–H and O–H groups in total. The summed E-state index contributed by atoms with van der Waals surface area (Å²) in [7, 11) is 0. The molecule has 0 unspecified atom stereocenters. The lowest BCUT2D eigenvalue weighted by molar-refractivity contribution is 0.491. The molecule has 68 valence electrons. The summed E-state index contributed by atoms with van der Waals surface area (Å²) in [6, 6.07) is 6.04. The van der Waals surface area contributed by atoms with Crippen molar-refractivity contribution in [3.63, 3.8) is 0 Å². The van der Waals surface area contributed by atoms with Crippen LogP contribution in [-0.2, 0) is 6.42 Å². The Labute approximate surface area is 89.1 Å². The Morgan fingerprint density at radius 1 is 1.38 bits per heavy atom. The number of rotatable bonds is 1. The highest BCUT2D eigenvalue weighted by atomic mass is 79.9. The molecule has 0 aliphatic rings. The minimum absolute atomic E-state index is 0.379. The second-order valence-electron chi connectivity index (χ2n) is 2.93. The zero-order valence-electron chi connectivity index (χ0n) is 7.17. The molecule has 0 saturated carbocycles. The molecule has 2 rings (SSSR count). The molecule has 0 spiro atoms. The lowest BCUT2D eigenvalue weighted by atomic mass is 10.1. The Morgan fingerprint density at radius 2 is 2.15 bits per heavy atom. The van der Waals surface area contributed by atoms with Gasteiger partial charge in [0, 0.05) is 4.47 Å². The number of hydrogen-bond donors (Lipinski definition) is 1. The average Bonchev–Trinajstić information content (AvgIpc) is 2.46. The van der Waals surface area contributed by atoms with E-state index in [0.717, 1.165) is 21.0 Å². The summed E-state index contributed by atoms with van der Waals surface area (Å²) in [6.07, 6.45) is 1.02. The maximum absolute atomic E-state index is 9.34. The Hall–Kier alpha value is -0.540. The second-order valence-corrected chi connectivity index (χ2v) is 4.82. The van der Waals surface area contributed by atoms with Crippen LogP contribution in [0.15, 0.2) is 22.7 Å². The third-order valence-corrected chi connectivity index (χ3v) is 3.90. The van der Waals surface area contributed by atoms with Crippen molar-refractivity contribution in [1.29, 1.82) is 0 Å². The molecule has 0 bridgehead atoms. The van der Waals surface area contributed by atoms with Gasteiger partial charge in [0.1, 0.15) is 0 Å². The monoisotopic (exact) mass is 256 g/mol. The Balaban J connectivity index is 2.75. The lowest BCUT2D eigenvalue weighted by Crippen LogP contribution is -1.78. The number of aryl methyl sites for hydroxylation is 1. The van der Waals surface area contributed by atoms with Gasteiger partial charge in [-0.1, -0.05) is 24.3 Å². The molecular formula is C10H9BrOS. The summed E-state index contributed by atoms with van der Waals surface area (Å²) >= 11 is 4.91. The zero-order chi connectivity index (χ0) is 9.42. The summed E-state index contributed by atoms with van der Waals surface area (Å²) in [5.74, 6) is 0.